The lowest BCUT2D eigenvalue weighted by Gasteiger charge is -2.40. The highest BCUT2D eigenvalue weighted by Gasteiger charge is 2.31. The molecule has 0 saturated carbocycles. The van der Waals surface area contributed by atoms with Crippen LogP contribution in [0, 0.1) is 11.8 Å². The number of rotatable bonds is 4. The quantitative estimate of drug-likeness (QED) is 0.908. The maximum atomic E-state index is 5.68. The zero-order valence-corrected chi connectivity index (χ0v) is 12.8. The number of oxazole rings is 1. The van der Waals surface area contributed by atoms with E-state index in [4.69, 9.17) is 4.42 Å². The fraction of sp³-hybridized carbons (Fsp3) is 0.800. The van der Waals surface area contributed by atoms with E-state index in [1.165, 1.54) is 6.42 Å². The van der Waals surface area contributed by atoms with E-state index in [1.54, 1.807) is 6.26 Å². The van der Waals surface area contributed by atoms with Crippen molar-refractivity contribution in [3.63, 3.8) is 0 Å². The molecule has 1 N–H and O–H groups in total. The molecule has 0 spiro atoms. The molecule has 1 aliphatic heterocycles. The molecule has 19 heavy (non-hydrogen) atoms. The highest BCUT2D eigenvalue weighted by molar-refractivity contribution is 5.30. The number of aromatic nitrogens is 1. The first kappa shape index (κ1) is 14.4. The van der Waals surface area contributed by atoms with Crippen molar-refractivity contribution in [2.24, 2.45) is 11.8 Å². The van der Waals surface area contributed by atoms with E-state index in [0.29, 0.717) is 23.9 Å². The summed E-state index contributed by atoms with van der Waals surface area (Å²) in [7, 11) is 0. The molecule has 108 valence electrons. The molecule has 1 aromatic rings. The standard InChI is InChI=1S/C15H27N3O/c1-10(2)16-7-14-9-19-15(17-14)18-8-11(3)6-12(4)13(18)5/h9-13,16H,6-8H2,1-5H3. The largest absolute Gasteiger partial charge is 0.432 e. The smallest absolute Gasteiger partial charge is 0.297 e. The fourth-order valence-corrected chi connectivity index (χ4v) is 2.79. The van der Waals surface area contributed by atoms with E-state index in [0.717, 1.165) is 24.8 Å². The molecule has 1 aromatic heterocycles. The van der Waals surface area contributed by atoms with E-state index in [-0.39, 0.29) is 0 Å². The SMILES string of the molecule is CC1CC(C)C(C)N(c2nc(CNC(C)C)co2)C1. The van der Waals surface area contributed by atoms with Crippen LogP contribution in [0.2, 0.25) is 0 Å². The Balaban J connectivity index is 2.04. The van der Waals surface area contributed by atoms with Crippen LogP contribution in [-0.2, 0) is 6.54 Å². The number of anilines is 1. The summed E-state index contributed by atoms with van der Waals surface area (Å²) in [5.41, 5.74) is 0.988. The lowest BCUT2D eigenvalue weighted by atomic mass is 9.86. The highest BCUT2D eigenvalue weighted by Crippen LogP contribution is 2.30. The monoisotopic (exact) mass is 265 g/mol. The zero-order chi connectivity index (χ0) is 14.0. The van der Waals surface area contributed by atoms with Gasteiger partial charge in [-0.2, -0.15) is 4.98 Å². The van der Waals surface area contributed by atoms with Crippen LogP contribution in [0.4, 0.5) is 6.01 Å². The van der Waals surface area contributed by atoms with Crippen molar-refractivity contribution in [2.75, 3.05) is 11.4 Å². The third-order valence-corrected chi connectivity index (χ3v) is 4.07. The van der Waals surface area contributed by atoms with Gasteiger partial charge in [-0.1, -0.05) is 27.7 Å². The van der Waals surface area contributed by atoms with Gasteiger partial charge < -0.3 is 14.6 Å². The van der Waals surface area contributed by atoms with Crippen molar-refractivity contribution < 1.29 is 4.42 Å². The number of piperidine rings is 1. The van der Waals surface area contributed by atoms with Gasteiger partial charge in [-0.15, -0.1) is 0 Å². The molecule has 1 fully saturated rings. The van der Waals surface area contributed by atoms with Gasteiger partial charge in [0.1, 0.15) is 6.26 Å². The topological polar surface area (TPSA) is 41.3 Å². The van der Waals surface area contributed by atoms with Gasteiger partial charge in [-0.05, 0) is 25.2 Å². The summed E-state index contributed by atoms with van der Waals surface area (Å²) in [6, 6.07) is 1.75. The van der Waals surface area contributed by atoms with E-state index in [9.17, 15) is 0 Å². The Morgan fingerprint density at radius 1 is 1.42 bits per heavy atom. The molecule has 0 amide bonds. The molecule has 1 saturated heterocycles. The summed E-state index contributed by atoms with van der Waals surface area (Å²) in [4.78, 5) is 6.94. The molecule has 0 aliphatic carbocycles. The normalized spacial score (nSPS) is 28.1. The Morgan fingerprint density at radius 3 is 2.84 bits per heavy atom. The second-order valence-corrected chi connectivity index (χ2v) is 6.37. The summed E-state index contributed by atoms with van der Waals surface area (Å²) in [5, 5.41) is 3.37. The maximum absolute atomic E-state index is 5.68. The van der Waals surface area contributed by atoms with Crippen molar-refractivity contribution in [3.8, 4) is 0 Å². The first-order valence-electron chi connectivity index (χ1n) is 7.41. The van der Waals surface area contributed by atoms with E-state index >= 15 is 0 Å². The van der Waals surface area contributed by atoms with Crippen molar-refractivity contribution in [1.82, 2.24) is 10.3 Å². The Hall–Kier alpha value is -1.03. The number of hydrogen-bond acceptors (Lipinski definition) is 4. The molecule has 4 heteroatoms. The summed E-state index contributed by atoms with van der Waals surface area (Å²) >= 11 is 0. The molecular formula is C15H27N3O. The maximum Gasteiger partial charge on any atom is 0.297 e. The number of hydrogen-bond donors (Lipinski definition) is 1. The van der Waals surface area contributed by atoms with Crippen LogP contribution in [0.1, 0.15) is 46.7 Å². The summed E-state index contributed by atoms with van der Waals surface area (Å²) in [6.07, 6.45) is 3.07. The Kier molecular flexibility index (Phi) is 4.50. The lowest BCUT2D eigenvalue weighted by molar-refractivity contribution is 0.283. The van der Waals surface area contributed by atoms with Crippen LogP contribution < -0.4 is 10.2 Å². The Morgan fingerprint density at radius 2 is 2.16 bits per heavy atom. The molecule has 1 aliphatic rings. The van der Waals surface area contributed by atoms with Crippen molar-refractivity contribution in [1.29, 1.82) is 0 Å². The fourth-order valence-electron chi connectivity index (χ4n) is 2.79. The first-order valence-corrected chi connectivity index (χ1v) is 7.41. The van der Waals surface area contributed by atoms with Crippen molar-refractivity contribution in [2.45, 2.75) is 59.7 Å². The molecule has 2 rings (SSSR count). The molecular weight excluding hydrogens is 238 g/mol. The number of nitrogens with zero attached hydrogens (tertiary/aromatic N) is 2. The van der Waals surface area contributed by atoms with Gasteiger partial charge in [-0.3, -0.25) is 0 Å². The third kappa shape index (κ3) is 3.50. The van der Waals surface area contributed by atoms with Crippen LogP contribution in [0.15, 0.2) is 10.7 Å². The summed E-state index contributed by atoms with van der Waals surface area (Å²) in [6.45, 7) is 13.0. The minimum absolute atomic E-state index is 0.467. The molecule has 0 bridgehead atoms. The van der Waals surface area contributed by atoms with Crippen LogP contribution in [0.25, 0.3) is 0 Å². The third-order valence-electron chi connectivity index (χ3n) is 4.07. The minimum atomic E-state index is 0.467. The van der Waals surface area contributed by atoms with Gasteiger partial charge in [-0.25, -0.2) is 0 Å². The highest BCUT2D eigenvalue weighted by atomic mass is 16.4. The van der Waals surface area contributed by atoms with Gasteiger partial charge in [0, 0.05) is 25.2 Å². The Labute approximate surface area is 116 Å². The van der Waals surface area contributed by atoms with Crippen LogP contribution in [0.5, 0.6) is 0 Å². The average Bonchev–Trinajstić information content (AvgIpc) is 2.79. The first-order chi connectivity index (χ1) is 8.97. The van der Waals surface area contributed by atoms with Crippen molar-refractivity contribution in [3.05, 3.63) is 12.0 Å². The van der Waals surface area contributed by atoms with Crippen LogP contribution in [0.3, 0.4) is 0 Å². The van der Waals surface area contributed by atoms with E-state index in [1.807, 2.05) is 0 Å². The molecule has 4 nitrogen and oxygen atoms in total. The van der Waals surface area contributed by atoms with Crippen LogP contribution >= 0.6 is 0 Å². The second kappa shape index (κ2) is 5.95. The van der Waals surface area contributed by atoms with E-state index < -0.39 is 0 Å². The molecule has 2 heterocycles. The molecule has 3 unspecified atom stereocenters. The van der Waals surface area contributed by atoms with Gasteiger partial charge in [0.15, 0.2) is 0 Å². The predicted molar refractivity (Wildman–Crippen MR) is 78.2 cm³/mol. The van der Waals surface area contributed by atoms with Gasteiger partial charge >= 0.3 is 0 Å². The second-order valence-electron chi connectivity index (χ2n) is 6.37. The van der Waals surface area contributed by atoms with Crippen LogP contribution in [-0.4, -0.2) is 23.6 Å². The zero-order valence-electron chi connectivity index (χ0n) is 12.8. The Bertz CT molecular complexity index is 402. The number of nitrogens with one attached hydrogen (secondary N) is 1. The molecule has 3 atom stereocenters. The minimum Gasteiger partial charge on any atom is -0.432 e. The lowest BCUT2D eigenvalue weighted by Crippen LogP contribution is -2.46. The van der Waals surface area contributed by atoms with E-state index in [2.05, 4.69) is 49.8 Å². The van der Waals surface area contributed by atoms with Gasteiger partial charge in [0.2, 0.25) is 0 Å². The molecule has 0 radical (unpaired) electrons. The molecule has 0 aromatic carbocycles. The van der Waals surface area contributed by atoms with Gasteiger partial charge in [0.05, 0.1) is 5.69 Å². The van der Waals surface area contributed by atoms with Gasteiger partial charge in [0.25, 0.3) is 6.01 Å². The summed E-state index contributed by atoms with van der Waals surface area (Å²) < 4.78 is 5.68. The average molecular weight is 265 g/mol. The van der Waals surface area contributed by atoms with Crippen molar-refractivity contribution >= 4 is 6.01 Å². The summed E-state index contributed by atoms with van der Waals surface area (Å²) in [5.74, 6) is 1.39. The predicted octanol–water partition coefficient (Wildman–Crippen LogP) is 3.04.